The zero-order valence-corrected chi connectivity index (χ0v) is 10.9. The monoisotopic (exact) mass is 237 g/mol. The number of amides is 1. The van der Waals surface area contributed by atoms with Crippen molar-refractivity contribution in [1.82, 2.24) is 5.32 Å². The Bertz CT molecular complexity index is 399. The van der Waals surface area contributed by atoms with Gasteiger partial charge >= 0.3 is 0 Å². The van der Waals surface area contributed by atoms with Gasteiger partial charge in [0.2, 0.25) is 0 Å². The van der Waals surface area contributed by atoms with Crippen LogP contribution in [0.1, 0.15) is 38.1 Å². The van der Waals surface area contributed by atoms with Crippen molar-refractivity contribution in [2.24, 2.45) is 11.3 Å². The molecule has 0 spiro atoms. The van der Waals surface area contributed by atoms with Crippen LogP contribution in [-0.4, -0.2) is 12.5 Å². The average Bonchev–Trinajstić information content (AvgIpc) is 2.26. The van der Waals surface area contributed by atoms with Crippen LogP contribution in [0.3, 0.4) is 0 Å². The summed E-state index contributed by atoms with van der Waals surface area (Å²) in [5.41, 5.74) is 0.105. The molecule has 0 aliphatic carbocycles. The molecule has 0 aliphatic heterocycles. The highest BCUT2D eigenvalue weighted by atomic mass is 19.1. The van der Waals surface area contributed by atoms with Crippen molar-refractivity contribution in [3.8, 4) is 0 Å². The number of carbonyl (C=O) groups is 1. The van der Waals surface area contributed by atoms with Crippen molar-refractivity contribution in [1.29, 1.82) is 0 Å². The smallest absolute Gasteiger partial charge is 0.254 e. The first-order valence-electron chi connectivity index (χ1n) is 5.87. The van der Waals surface area contributed by atoms with Gasteiger partial charge in [-0.3, -0.25) is 4.79 Å². The summed E-state index contributed by atoms with van der Waals surface area (Å²) in [6.07, 6.45) is 0. The molecule has 0 unspecified atom stereocenters. The zero-order chi connectivity index (χ0) is 13.1. The molecule has 0 atom stereocenters. The van der Waals surface area contributed by atoms with Gasteiger partial charge in [0.05, 0.1) is 5.56 Å². The standard InChI is InChI=1S/C14H20FNO/c1-10(2)14(3,4)9-16-13(17)11-7-5-6-8-12(11)15/h5-8,10H,9H2,1-4H3,(H,16,17). The van der Waals surface area contributed by atoms with E-state index in [-0.39, 0.29) is 16.9 Å². The zero-order valence-electron chi connectivity index (χ0n) is 10.9. The third-order valence-corrected chi connectivity index (χ3v) is 3.39. The molecule has 0 aliphatic rings. The number of rotatable bonds is 4. The molecule has 0 bridgehead atoms. The predicted octanol–water partition coefficient (Wildman–Crippen LogP) is 3.24. The van der Waals surface area contributed by atoms with Crippen LogP contribution in [0.15, 0.2) is 24.3 Å². The van der Waals surface area contributed by atoms with E-state index >= 15 is 0 Å². The highest BCUT2D eigenvalue weighted by molar-refractivity contribution is 5.94. The van der Waals surface area contributed by atoms with Gasteiger partial charge in [-0.1, -0.05) is 39.8 Å². The van der Waals surface area contributed by atoms with E-state index < -0.39 is 5.82 Å². The first-order chi connectivity index (χ1) is 7.84. The lowest BCUT2D eigenvalue weighted by Crippen LogP contribution is -2.37. The van der Waals surface area contributed by atoms with E-state index in [1.165, 1.54) is 12.1 Å². The maximum Gasteiger partial charge on any atom is 0.254 e. The maximum absolute atomic E-state index is 13.4. The van der Waals surface area contributed by atoms with Gasteiger partial charge in [-0.15, -0.1) is 0 Å². The number of benzene rings is 1. The fourth-order valence-electron chi connectivity index (χ4n) is 1.25. The lowest BCUT2D eigenvalue weighted by atomic mass is 9.81. The first kappa shape index (κ1) is 13.7. The summed E-state index contributed by atoms with van der Waals surface area (Å²) in [6, 6.07) is 6.02. The van der Waals surface area contributed by atoms with E-state index in [4.69, 9.17) is 0 Å². The minimum atomic E-state index is -0.479. The van der Waals surface area contributed by atoms with Crippen LogP contribution in [0, 0.1) is 17.2 Å². The van der Waals surface area contributed by atoms with Crippen molar-refractivity contribution in [3.05, 3.63) is 35.6 Å². The number of carbonyl (C=O) groups excluding carboxylic acids is 1. The van der Waals surface area contributed by atoms with E-state index in [0.29, 0.717) is 12.5 Å². The molecule has 0 radical (unpaired) electrons. The molecule has 0 saturated heterocycles. The van der Waals surface area contributed by atoms with Crippen molar-refractivity contribution in [2.75, 3.05) is 6.54 Å². The van der Waals surface area contributed by atoms with E-state index in [1.54, 1.807) is 12.1 Å². The quantitative estimate of drug-likeness (QED) is 0.855. The van der Waals surface area contributed by atoms with Crippen LogP contribution in [-0.2, 0) is 0 Å². The highest BCUT2D eigenvalue weighted by Crippen LogP contribution is 2.24. The summed E-state index contributed by atoms with van der Waals surface area (Å²) in [5.74, 6) is -0.382. The Labute approximate surface area is 102 Å². The molecule has 17 heavy (non-hydrogen) atoms. The minimum Gasteiger partial charge on any atom is -0.351 e. The van der Waals surface area contributed by atoms with E-state index in [0.717, 1.165) is 0 Å². The Morgan fingerprint density at radius 2 is 1.94 bits per heavy atom. The Morgan fingerprint density at radius 1 is 1.35 bits per heavy atom. The third kappa shape index (κ3) is 3.55. The molecule has 94 valence electrons. The number of nitrogens with one attached hydrogen (secondary N) is 1. The molecule has 1 N–H and O–H groups in total. The Balaban J connectivity index is 2.66. The van der Waals surface area contributed by atoms with Crippen LogP contribution in [0.5, 0.6) is 0 Å². The van der Waals surface area contributed by atoms with Gasteiger partial charge in [-0.25, -0.2) is 4.39 Å². The fraction of sp³-hybridized carbons (Fsp3) is 0.500. The summed E-state index contributed by atoms with van der Waals surface area (Å²) in [7, 11) is 0. The summed E-state index contributed by atoms with van der Waals surface area (Å²) in [6.45, 7) is 8.92. The second-order valence-electron chi connectivity index (χ2n) is 5.31. The maximum atomic E-state index is 13.4. The topological polar surface area (TPSA) is 29.1 Å². The summed E-state index contributed by atoms with van der Waals surface area (Å²) < 4.78 is 13.4. The lowest BCUT2D eigenvalue weighted by Gasteiger charge is -2.29. The fourth-order valence-corrected chi connectivity index (χ4v) is 1.25. The average molecular weight is 237 g/mol. The van der Waals surface area contributed by atoms with E-state index in [9.17, 15) is 9.18 Å². The molecule has 1 amide bonds. The predicted molar refractivity (Wildman–Crippen MR) is 67.4 cm³/mol. The van der Waals surface area contributed by atoms with Gasteiger partial charge in [-0.05, 0) is 23.5 Å². The molecule has 1 aromatic rings. The summed E-state index contributed by atoms with van der Waals surface area (Å²) in [5, 5.41) is 2.78. The van der Waals surface area contributed by atoms with Crippen molar-refractivity contribution in [2.45, 2.75) is 27.7 Å². The normalized spacial score (nSPS) is 11.6. The molecular weight excluding hydrogens is 217 g/mol. The Hall–Kier alpha value is -1.38. The van der Waals surface area contributed by atoms with Gasteiger partial charge in [0.25, 0.3) is 5.91 Å². The second-order valence-corrected chi connectivity index (χ2v) is 5.31. The molecule has 2 nitrogen and oxygen atoms in total. The van der Waals surface area contributed by atoms with Crippen molar-refractivity contribution >= 4 is 5.91 Å². The summed E-state index contributed by atoms with van der Waals surface area (Å²) >= 11 is 0. The molecular formula is C14H20FNO. The Morgan fingerprint density at radius 3 is 2.47 bits per heavy atom. The molecule has 0 heterocycles. The Kier molecular flexibility index (Phi) is 4.27. The van der Waals surface area contributed by atoms with Gasteiger partial charge in [0.15, 0.2) is 0 Å². The first-order valence-corrected chi connectivity index (χ1v) is 5.87. The van der Waals surface area contributed by atoms with Gasteiger partial charge in [0, 0.05) is 6.54 Å². The van der Waals surface area contributed by atoms with Crippen molar-refractivity contribution in [3.63, 3.8) is 0 Å². The summed E-state index contributed by atoms with van der Waals surface area (Å²) in [4.78, 5) is 11.8. The molecule has 1 rings (SSSR count). The second kappa shape index (κ2) is 5.30. The van der Waals surface area contributed by atoms with E-state index in [1.807, 2.05) is 0 Å². The van der Waals surface area contributed by atoms with Gasteiger partial charge < -0.3 is 5.32 Å². The van der Waals surface area contributed by atoms with E-state index in [2.05, 4.69) is 33.0 Å². The number of hydrogen-bond acceptors (Lipinski definition) is 1. The molecule has 0 fully saturated rings. The largest absolute Gasteiger partial charge is 0.351 e. The van der Waals surface area contributed by atoms with Gasteiger partial charge in [-0.2, -0.15) is 0 Å². The molecule has 0 saturated carbocycles. The van der Waals surface area contributed by atoms with Crippen molar-refractivity contribution < 1.29 is 9.18 Å². The van der Waals surface area contributed by atoms with Crippen LogP contribution in [0.4, 0.5) is 4.39 Å². The SMILES string of the molecule is CC(C)C(C)(C)CNC(=O)c1ccccc1F. The number of hydrogen-bond donors (Lipinski definition) is 1. The molecule has 3 heteroatoms. The minimum absolute atomic E-state index is 0.000909. The van der Waals surface area contributed by atoms with Crippen LogP contribution in [0.2, 0.25) is 0 Å². The van der Waals surface area contributed by atoms with Crippen LogP contribution < -0.4 is 5.32 Å². The lowest BCUT2D eigenvalue weighted by molar-refractivity contribution is 0.0920. The highest BCUT2D eigenvalue weighted by Gasteiger charge is 2.23. The molecule has 0 aromatic heterocycles. The third-order valence-electron chi connectivity index (χ3n) is 3.39. The van der Waals surface area contributed by atoms with Gasteiger partial charge in [0.1, 0.15) is 5.82 Å². The van der Waals surface area contributed by atoms with Crippen LogP contribution >= 0.6 is 0 Å². The molecule has 1 aromatic carbocycles. The number of halogens is 1. The van der Waals surface area contributed by atoms with Crippen LogP contribution in [0.25, 0.3) is 0 Å².